The molecule has 0 saturated carbocycles. The Balaban J connectivity index is 1.37. The lowest BCUT2D eigenvalue weighted by Crippen LogP contribution is -2.38. The van der Waals surface area contributed by atoms with E-state index in [-0.39, 0.29) is 11.0 Å². The second-order valence-corrected chi connectivity index (χ2v) is 12.9. The van der Waals surface area contributed by atoms with Gasteiger partial charge in [0, 0.05) is 21.9 Å². The molecule has 0 atom stereocenters. The van der Waals surface area contributed by atoms with Crippen molar-refractivity contribution in [3.05, 3.63) is 172 Å². The van der Waals surface area contributed by atoms with Gasteiger partial charge in [-0.1, -0.05) is 92.7 Å². The average Bonchev–Trinajstić information content (AvgIpc) is 3.35. The van der Waals surface area contributed by atoms with Crippen LogP contribution in [0.1, 0.15) is 31.4 Å². The van der Waals surface area contributed by atoms with Crippen LogP contribution in [0.3, 0.4) is 0 Å². The highest BCUT2D eigenvalue weighted by Gasteiger charge is 2.36. The fourth-order valence-corrected chi connectivity index (χ4v) is 7.65. The molecule has 0 aliphatic heterocycles. The van der Waals surface area contributed by atoms with Crippen molar-refractivity contribution >= 4 is 38.4 Å². The lowest BCUT2D eigenvalue weighted by molar-refractivity contribution is 0.661. The molecule has 2 aliphatic carbocycles. The van der Waals surface area contributed by atoms with E-state index in [4.69, 9.17) is 0 Å². The van der Waals surface area contributed by atoms with Crippen molar-refractivity contribution in [1.82, 2.24) is 13.7 Å². The summed E-state index contributed by atoms with van der Waals surface area (Å²) in [6.07, 6.45) is 10.3. The first kappa shape index (κ1) is 27.4. The monoisotopic (exact) mass is 609 g/mol. The molecule has 0 N–H and O–H groups in total. The highest BCUT2D eigenvalue weighted by molar-refractivity contribution is 6.11. The van der Waals surface area contributed by atoms with Gasteiger partial charge in [-0.2, -0.15) is 0 Å². The van der Waals surface area contributed by atoms with Crippen LogP contribution in [0.15, 0.2) is 149 Å². The fraction of sp³-hybridized carbons (Fsp3) is 0.0952. The third-order valence-corrected chi connectivity index (χ3v) is 9.91. The van der Waals surface area contributed by atoms with Crippen molar-refractivity contribution in [1.29, 1.82) is 0 Å². The number of para-hydroxylation sites is 2. The summed E-state index contributed by atoms with van der Waals surface area (Å²) in [4.78, 5) is 28.6. The maximum absolute atomic E-state index is 14.4. The summed E-state index contributed by atoms with van der Waals surface area (Å²) in [7, 11) is 0. The number of allylic oxidation sites excluding steroid dienone is 6. The standard InChI is InChI=1S/C42H31N3O2/c1-42(2)35-20-12-10-18-30(35)32-25-33-31-19-11-13-21-37(31)43(39(33)26-36(32)42)29-22-23-38-34(24-29)40(46)45(28-16-6-3-4-7-17-28)41(47)44(38)27-14-8-5-9-15-27/h3,5-26H,4H2,1-2H3. The molecule has 0 unspecified atom stereocenters. The van der Waals surface area contributed by atoms with E-state index in [1.54, 1.807) is 4.57 Å². The van der Waals surface area contributed by atoms with Gasteiger partial charge in [0.15, 0.2) is 0 Å². The zero-order valence-electron chi connectivity index (χ0n) is 26.1. The summed E-state index contributed by atoms with van der Waals surface area (Å²) in [6, 6.07) is 37.2. The molecule has 0 radical (unpaired) electrons. The molecular weight excluding hydrogens is 578 g/mol. The minimum absolute atomic E-state index is 0.154. The molecule has 0 amide bonds. The minimum Gasteiger partial charge on any atom is -0.309 e. The van der Waals surface area contributed by atoms with Gasteiger partial charge in [0.25, 0.3) is 5.56 Å². The number of fused-ring (bicyclic) bond motifs is 7. The number of hydrogen-bond acceptors (Lipinski definition) is 2. The number of hydrogen-bond donors (Lipinski definition) is 0. The van der Waals surface area contributed by atoms with Crippen LogP contribution in [0.4, 0.5) is 0 Å². The quantitative estimate of drug-likeness (QED) is 0.201. The van der Waals surface area contributed by atoms with Crippen LogP contribution in [-0.4, -0.2) is 13.7 Å². The van der Waals surface area contributed by atoms with Gasteiger partial charge in [0.1, 0.15) is 0 Å². The Kier molecular flexibility index (Phi) is 5.84. The van der Waals surface area contributed by atoms with Crippen LogP contribution in [-0.2, 0) is 5.41 Å². The molecule has 0 spiro atoms. The van der Waals surface area contributed by atoms with Crippen molar-refractivity contribution in [3.8, 4) is 22.5 Å². The maximum Gasteiger partial charge on any atom is 0.340 e. The molecular formula is C42H31N3O2. The smallest absolute Gasteiger partial charge is 0.309 e. The van der Waals surface area contributed by atoms with E-state index >= 15 is 0 Å². The molecule has 2 aliphatic rings. The van der Waals surface area contributed by atoms with Crippen molar-refractivity contribution in [3.63, 3.8) is 0 Å². The SMILES string of the molecule is CC1(C)c2ccccc2-c2cc3c4ccccc4n(-c4ccc5c(c4)c(=O)n(C4=CC=CCC=C4)c(=O)n5-c4ccccc4)c3cc21. The van der Waals surface area contributed by atoms with Crippen molar-refractivity contribution in [2.24, 2.45) is 0 Å². The molecule has 9 rings (SSSR count). The Labute approximate surface area is 271 Å². The minimum atomic E-state index is -0.401. The van der Waals surface area contributed by atoms with Crippen molar-refractivity contribution in [2.75, 3.05) is 0 Å². The van der Waals surface area contributed by atoms with E-state index in [1.807, 2.05) is 78.9 Å². The van der Waals surface area contributed by atoms with Crippen LogP contribution >= 0.6 is 0 Å². The van der Waals surface area contributed by atoms with Gasteiger partial charge in [0.05, 0.1) is 33.3 Å². The maximum atomic E-state index is 14.4. The molecule has 5 nitrogen and oxygen atoms in total. The zero-order chi connectivity index (χ0) is 31.9. The third-order valence-electron chi connectivity index (χ3n) is 9.91. The van der Waals surface area contributed by atoms with E-state index in [9.17, 15) is 9.59 Å². The molecule has 5 aromatic carbocycles. The topological polar surface area (TPSA) is 48.9 Å². The lowest BCUT2D eigenvalue weighted by atomic mass is 9.82. The van der Waals surface area contributed by atoms with Gasteiger partial charge in [-0.15, -0.1) is 0 Å². The predicted octanol–water partition coefficient (Wildman–Crippen LogP) is 8.91. The predicted molar refractivity (Wildman–Crippen MR) is 193 cm³/mol. The van der Waals surface area contributed by atoms with E-state index < -0.39 is 5.69 Å². The lowest BCUT2D eigenvalue weighted by Gasteiger charge is -2.21. The zero-order valence-corrected chi connectivity index (χ0v) is 26.1. The Morgan fingerprint density at radius 3 is 2.21 bits per heavy atom. The Morgan fingerprint density at radius 1 is 0.574 bits per heavy atom. The molecule has 2 heterocycles. The van der Waals surface area contributed by atoms with E-state index in [0.717, 1.165) is 28.5 Å². The molecule has 0 saturated heterocycles. The van der Waals surface area contributed by atoms with Gasteiger partial charge in [-0.05, 0) is 89.4 Å². The van der Waals surface area contributed by atoms with E-state index in [1.165, 1.54) is 32.2 Å². The first-order valence-electron chi connectivity index (χ1n) is 16.0. The Morgan fingerprint density at radius 2 is 1.34 bits per heavy atom. The first-order chi connectivity index (χ1) is 22.9. The largest absolute Gasteiger partial charge is 0.340 e. The summed E-state index contributed by atoms with van der Waals surface area (Å²) in [5.41, 5.74) is 9.10. The summed E-state index contributed by atoms with van der Waals surface area (Å²) in [5.74, 6) is 0. The molecule has 226 valence electrons. The third kappa shape index (κ3) is 3.89. The Hall–Kier alpha value is -5.94. The second-order valence-electron chi connectivity index (χ2n) is 12.9. The van der Waals surface area contributed by atoms with Crippen molar-refractivity contribution in [2.45, 2.75) is 25.7 Å². The van der Waals surface area contributed by atoms with Gasteiger partial charge in [-0.25, -0.2) is 9.36 Å². The average molecular weight is 610 g/mol. The van der Waals surface area contributed by atoms with E-state index in [0.29, 0.717) is 22.3 Å². The van der Waals surface area contributed by atoms with Crippen LogP contribution in [0.2, 0.25) is 0 Å². The summed E-state index contributed by atoms with van der Waals surface area (Å²) >= 11 is 0. The number of aromatic nitrogens is 3. The fourth-order valence-electron chi connectivity index (χ4n) is 7.65. The highest BCUT2D eigenvalue weighted by Crippen LogP contribution is 2.50. The Bertz CT molecular complexity index is 2660. The summed E-state index contributed by atoms with van der Waals surface area (Å²) in [6.45, 7) is 4.59. The molecule has 0 bridgehead atoms. The van der Waals surface area contributed by atoms with Gasteiger partial charge in [0.2, 0.25) is 0 Å². The van der Waals surface area contributed by atoms with Crippen LogP contribution in [0.5, 0.6) is 0 Å². The molecule has 0 fully saturated rings. The highest BCUT2D eigenvalue weighted by atomic mass is 16.2. The molecule has 2 aromatic heterocycles. The molecule has 7 aromatic rings. The summed E-state index contributed by atoms with van der Waals surface area (Å²) < 4.78 is 5.20. The van der Waals surface area contributed by atoms with Crippen LogP contribution < -0.4 is 11.2 Å². The number of rotatable bonds is 3. The second kappa shape index (κ2) is 10.0. The molecule has 5 heteroatoms. The van der Waals surface area contributed by atoms with Crippen LogP contribution in [0, 0.1) is 0 Å². The van der Waals surface area contributed by atoms with Crippen molar-refractivity contribution < 1.29 is 0 Å². The molecule has 47 heavy (non-hydrogen) atoms. The van der Waals surface area contributed by atoms with Crippen LogP contribution in [0.25, 0.3) is 60.9 Å². The first-order valence-corrected chi connectivity index (χ1v) is 16.0. The number of benzene rings is 5. The van der Waals surface area contributed by atoms with Gasteiger partial charge >= 0.3 is 5.69 Å². The summed E-state index contributed by atoms with van der Waals surface area (Å²) in [5, 5.41) is 2.78. The normalized spacial score (nSPS) is 14.8. The number of nitrogens with zero attached hydrogens (tertiary/aromatic N) is 3. The van der Waals surface area contributed by atoms with Gasteiger partial charge in [-0.3, -0.25) is 9.36 Å². The van der Waals surface area contributed by atoms with Gasteiger partial charge < -0.3 is 4.57 Å². The van der Waals surface area contributed by atoms with E-state index in [2.05, 4.69) is 79.1 Å².